The van der Waals surface area contributed by atoms with Crippen LogP contribution in [-0.4, -0.2) is 6.71 Å². The van der Waals surface area contributed by atoms with Gasteiger partial charge in [0.25, 0.3) is 0 Å². The molecule has 0 atom stereocenters. The molecule has 0 amide bonds. The lowest BCUT2D eigenvalue weighted by Gasteiger charge is -2.13. The molecule has 0 aliphatic carbocycles. The Hall–Kier alpha value is -2.72. The largest absolute Gasteiger partial charge is 0.489 e. The minimum absolute atomic E-state index is 0.345. The van der Waals surface area contributed by atoms with E-state index in [1.165, 1.54) is 16.7 Å². The van der Waals surface area contributed by atoms with Crippen molar-refractivity contribution in [3.05, 3.63) is 58.7 Å². The van der Waals surface area contributed by atoms with E-state index in [0.717, 1.165) is 11.3 Å². The first-order chi connectivity index (χ1) is 10.6. The van der Waals surface area contributed by atoms with Crippen molar-refractivity contribution in [1.82, 2.24) is 0 Å². The Bertz CT molecular complexity index is 734. The third kappa shape index (κ3) is 3.30. The molecule has 0 aliphatic rings. The van der Waals surface area contributed by atoms with Crippen LogP contribution < -0.4 is 10.2 Å². The van der Waals surface area contributed by atoms with Gasteiger partial charge >= 0.3 is 6.71 Å². The molecule has 0 saturated carbocycles. The number of hydrogen-bond acceptors (Lipinski definition) is 3. The summed E-state index contributed by atoms with van der Waals surface area (Å²) in [6, 6.07) is 11.4. The highest BCUT2D eigenvalue weighted by atomic mass is 16.5. The van der Waals surface area contributed by atoms with Gasteiger partial charge in [-0.05, 0) is 60.6 Å². The fourth-order valence-electron chi connectivity index (χ4n) is 2.36. The average molecular weight is 288 g/mol. The van der Waals surface area contributed by atoms with E-state index in [9.17, 15) is 0 Å². The Morgan fingerprint density at radius 3 is 2.18 bits per heavy atom. The van der Waals surface area contributed by atoms with Gasteiger partial charge in [-0.15, -0.1) is 0 Å². The number of nitrogens with zero attached hydrogens (tertiary/aromatic N) is 2. The molecule has 0 heterocycles. The molecule has 0 bridgehead atoms. The molecule has 2 aromatic carbocycles. The highest BCUT2D eigenvalue weighted by Gasteiger charge is 2.19. The normalized spacial score (nSPS) is 9.68. The van der Waals surface area contributed by atoms with E-state index in [4.69, 9.17) is 15.3 Å². The van der Waals surface area contributed by atoms with E-state index in [-0.39, 0.29) is 0 Å². The minimum Gasteiger partial charge on any atom is -0.489 e. The van der Waals surface area contributed by atoms with Gasteiger partial charge in [-0.3, -0.25) is 0 Å². The van der Waals surface area contributed by atoms with E-state index in [0.29, 0.717) is 12.1 Å². The molecule has 2 rings (SSSR count). The lowest BCUT2D eigenvalue weighted by molar-refractivity contribution is 0.306. The molecular weight excluding hydrogens is 271 g/mol. The van der Waals surface area contributed by atoms with E-state index in [2.05, 4.69) is 20.8 Å². The van der Waals surface area contributed by atoms with Crippen LogP contribution in [0.3, 0.4) is 0 Å². The molecule has 0 radical (unpaired) electrons. The van der Waals surface area contributed by atoms with Gasteiger partial charge in [0, 0.05) is 11.9 Å². The number of ether oxygens (including phenoxy) is 1. The molecule has 2 aromatic rings. The average Bonchev–Trinajstić information content (AvgIpc) is 2.52. The van der Waals surface area contributed by atoms with Gasteiger partial charge in [-0.1, -0.05) is 24.3 Å². The van der Waals surface area contributed by atoms with E-state index in [1.54, 1.807) is 6.07 Å². The first-order valence-electron chi connectivity index (χ1n) is 7.14. The van der Waals surface area contributed by atoms with Crippen LogP contribution in [-0.2, 0) is 6.61 Å². The van der Waals surface area contributed by atoms with E-state index >= 15 is 0 Å². The second-order valence-electron chi connectivity index (χ2n) is 5.36. The van der Waals surface area contributed by atoms with Crippen molar-refractivity contribution in [2.24, 2.45) is 0 Å². The molecule has 0 spiro atoms. The predicted molar refractivity (Wildman–Crippen MR) is 88.0 cm³/mol. The maximum atomic E-state index is 9.08. The zero-order chi connectivity index (χ0) is 16.1. The molecule has 0 aromatic heterocycles. The van der Waals surface area contributed by atoms with Crippen LogP contribution >= 0.6 is 0 Å². The lowest BCUT2D eigenvalue weighted by atomic mass is 9.47. The zero-order valence-electron chi connectivity index (χ0n) is 13.1. The van der Waals surface area contributed by atoms with Crippen LogP contribution in [0.2, 0.25) is 0 Å². The minimum atomic E-state index is -0.763. The first kappa shape index (κ1) is 15.7. The van der Waals surface area contributed by atoms with Crippen LogP contribution in [0, 0.1) is 43.2 Å². The molecular formula is C18H17BN2O. The number of rotatable bonds is 4. The highest BCUT2D eigenvalue weighted by molar-refractivity contribution is 6.86. The molecule has 0 fully saturated rings. The van der Waals surface area contributed by atoms with Crippen LogP contribution in [0.1, 0.15) is 22.3 Å². The Balaban J connectivity index is 2.23. The number of nitriles is 2. The summed E-state index contributed by atoms with van der Waals surface area (Å²) in [6.45, 7) is 5.79. The maximum Gasteiger partial charge on any atom is 0.417 e. The highest BCUT2D eigenvalue weighted by Crippen LogP contribution is 2.21. The van der Waals surface area contributed by atoms with Crippen LogP contribution in [0.5, 0.6) is 5.75 Å². The second-order valence-corrected chi connectivity index (χ2v) is 5.36. The third-order valence-corrected chi connectivity index (χ3v) is 3.92. The Morgan fingerprint density at radius 2 is 1.59 bits per heavy atom. The van der Waals surface area contributed by atoms with Crippen molar-refractivity contribution in [3.8, 4) is 17.7 Å². The summed E-state index contributed by atoms with van der Waals surface area (Å²) in [5.41, 5.74) is 5.23. The summed E-state index contributed by atoms with van der Waals surface area (Å²) in [5, 5.41) is 18.2. The Kier molecular flexibility index (Phi) is 4.86. The molecule has 0 N–H and O–H groups in total. The predicted octanol–water partition coefficient (Wildman–Crippen LogP) is 3.02. The topological polar surface area (TPSA) is 56.8 Å². The number of hydrogen-bond donors (Lipinski definition) is 0. The Labute approximate surface area is 131 Å². The van der Waals surface area contributed by atoms with Crippen molar-refractivity contribution < 1.29 is 4.74 Å². The van der Waals surface area contributed by atoms with Gasteiger partial charge < -0.3 is 4.74 Å². The van der Waals surface area contributed by atoms with Crippen LogP contribution in [0.4, 0.5) is 0 Å². The SMILES string of the molecule is Cc1cc(OCc2ccccc2B(C#N)C#N)cc(C)c1C. The fourth-order valence-corrected chi connectivity index (χ4v) is 2.36. The van der Waals surface area contributed by atoms with Gasteiger partial charge in [-0.2, -0.15) is 0 Å². The monoisotopic (exact) mass is 288 g/mol. The van der Waals surface area contributed by atoms with Crippen molar-refractivity contribution in [3.63, 3.8) is 0 Å². The smallest absolute Gasteiger partial charge is 0.417 e. The quantitative estimate of drug-likeness (QED) is 0.812. The molecule has 3 nitrogen and oxygen atoms in total. The van der Waals surface area contributed by atoms with Crippen molar-refractivity contribution in [2.75, 3.05) is 0 Å². The van der Waals surface area contributed by atoms with Crippen LogP contribution in [0.15, 0.2) is 36.4 Å². The van der Waals surface area contributed by atoms with Crippen molar-refractivity contribution in [2.45, 2.75) is 27.4 Å². The molecule has 0 unspecified atom stereocenters. The van der Waals surface area contributed by atoms with Crippen molar-refractivity contribution in [1.29, 1.82) is 10.5 Å². The molecule has 108 valence electrons. The number of aryl methyl sites for hydroxylation is 2. The van der Waals surface area contributed by atoms with Gasteiger partial charge in [0.05, 0.1) is 0 Å². The van der Waals surface area contributed by atoms with Gasteiger partial charge in [0.1, 0.15) is 12.4 Å². The summed E-state index contributed by atoms with van der Waals surface area (Å²) >= 11 is 0. The van der Waals surface area contributed by atoms with E-state index < -0.39 is 6.71 Å². The van der Waals surface area contributed by atoms with Gasteiger partial charge in [0.15, 0.2) is 0 Å². The first-order valence-corrected chi connectivity index (χ1v) is 7.14. The third-order valence-electron chi connectivity index (χ3n) is 3.92. The fraction of sp³-hybridized carbons (Fsp3) is 0.222. The molecule has 4 heteroatoms. The summed E-state index contributed by atoms with van der Waals surface area (Å²) in [6.07, 6.45) is 0. The Morgan fingerprint density at radius 1 is 1.00 bits per heavy atom. The summed E-state index contributed by atoms with van der Waals surface area (Å²) in [5.74, 6) is 4.84. The molecule has 0 saturated heterocycles. The molecule has 0 aliphatic heterocycles. The standard InChI is InChI=1S/C18H17BN2O/c1-13-8-17(9-14(2)15(13)3)22-10-16-6-4-5-7-18(16)19(11-20)12-21/h4-9H,10H2,1-3H3. The van der Waals surface area contributed by atoms with Gasteiger partial charge in [-0.25, -0.2) is 10.5 Å². The van der Waals surface area contributed by atoms with Crippen LogP contribution in [0.25, 0.3) is 0 Å². The maximum absolute atomic E-state index is 9.08. The van der Waals surface area contributed by atoms with Crippen molar-refractivity contribution >= 4 is 12.2 Å². The van der Waals surface area contributed by atoms with E-state index in [1.807, 2.05) is 42.3 Å². The van der Waals surface area contributed by atoms with Gasteiger partial charge in [0.2, 0.25) is 0 Å². The lowest BCUT2D eigenvalue weighted by Crippen LogP contribution is -2.31. The summed E-state index contributed by atoms with van der Waals surface area (Å²) in [4.78, 5) is 0. The number of benzene rings is 2. The summed E-state index contributed by atoms with van der Waals surface area (Å²) in [7, 11) is 0. The summed E-state index contributed by atoms with van der Waals surface area (Å²) < 4.78 is 5.87. The molecule has 22 heavy (non-hydrogen) atoms. The second kappa shape index (κ2) is 6.83. The zero-order valence-corrected chi connectivity index (χ0v) is 13.1.